The summed E-state index contributed by atoms with van der Waals surface area (Å²) in [5.74, 6) is -0.372. The lowest BCUT2D eigenvalue weighted by Gasteiger charge is -2.26. The van der Waals surface area contributed by atoms with Gasteiger partial charge in [-0.3, -0.25) is 4.79 Å². The van der Waals surface area contributed by atoms with Gasteiger partial charge in [-0.25, -0.2) is 12.8 Å². The van der Waals surface area contributed by atoms with Gasteiger partial charge in [-0.2, -0.15) is 4.31 Å². The highest BCUT2D eigenvalue weighted by molar-refractivity contribution is 7.89. The fourth-order valence-corrected chi connectivity index (χ4v) is 4.28. The van der Waals surface area contributed by atoms with Crippen LogP contribution in [0.1, 0.15) is 13.3 Å². The van der Waals surface area contributed by atoms with Crippen LogP contribution in [0.2, 0.25) is 0 Å². The van der Waals surface area contributed by atoms with Gasteiger partial charge in [0, 0.05) is 18.8 Å². The smallest absolute Gasteiger partial charge is 0.265 e. The zero-order chi connectivity index (χ0) is 20.9. The van der Waals surface area contributed by atoms with E-state index in [4.69, 9.17) is 9.47 Å². The van der Waals surface area contributed by atoms with Crippen LogP contribution in [0.15, 0.2) is 53.4 Å². The number of hydrogen-bond donors (Lipinski definition) is 1. The molecule has 2 aromatic rings. The minimum atomic E-state index is -3.59. The van der Waals surface area contributed by atoms with Crippen LogP contribution < -0.4 is 10.1 Å². The Labute approximate surface area is 169 Å². The highest BCUT2D eigenvalue weighted by Crippen LogP contribution is 2.20. The Hall–Kier alpha value is -2.49. The lowest BCUT2D eigenvalue weighted by molar-refractivity contribution is -0.122. The fraction of sp³-hybridized carbons (Fsp3) is 0.350. The number of amides is 1. The second-order valence-electron chi connectivity index (χ2n) is 6.50. The SMILES string of the molecule is CC[C@H](Oc1ccc(F)cc1)C(=O)Nc1ccc(S(=O)(=O)N2CCOCC2)cc1. The lowest BCUT2D eigenvalue weighted by atomic mass is 10.2. The van der Waals surface area contributed by atoms with E-state index >= 15 is 0 Å². The van der Waals surface area contributed by atoms with Crippen LogP contribution in [0.3, 0.4) is 0 Å². The van der Waals surface area contributed by atoms with Gasteiger partial charge in [-0.05, 0) is 55.0 Å². The van der Waals surface area contributed by atoms with E-state index in [0.29, 0.717) is 44.2 Å². The molecule has 9 heteroatoms. The lowest BCUT2D eigenvalue weighted by Crippen LogP contribution is -2.40. The van der Waals surface area contributed by atoms with Gasteiger partial charge in [0.05, 0.1) is 18.1 Å². The maximum Gasteiger partial charge on any atom is 0.265 e. The summed E-state index contributed by atoms with van der Waals surface area (Å²) in [7, 11) is -3.59. The summed E-state index contributed by atoms with van der Waals surface area (Å²) in [4.78, 5) is 12.7. The van der Waals surface area contributed by atoms with Gasteiger partial charge in [-0.1, -0.05) is 6.92 Å². The van der Waals surface area contributed by atoms with E-state index < -0.39 is 16.1 Å². The molecule has 1 heterocycles. The molecular weight excluding hydrogens is 399 g/mol. The topological polar surface area (TPSA) is 84.9 Å². The second kappa shape index (κ2) is 9.34. The molecule has 1 atom stereocenters. The summed E-state index contributed by atoms with van der Waals surface area (Å²) in [6.07, 6.45) is -0.357. The summed E-state index contributed by atoms with van der Waals surface area (Å²) in [6.45, 7) is 3.19. The Morgan fingerprint density at radius 2 is 1.76 bits per heavy atom. The molecule has 1 amide bonds. The fourth-order valence-electron chi connectivity index (χ4n) is 2.87. The number of ether oxygens (including phenoxy) is 2. The van der Waals surface area contributed by atoms with E-state index in [9.17, 15) is 17.6 Å². The number of hydrogen-bond acceptors (Lipinski definition) is 5. The van der Waals surface area contributed by atoms with Crippen molar-refractivity contribution < 1.29 is 27.1 Å². The van der Waals surface area contributed by atoms with Crippen LogP contribution in [0, 0.1) is 5.82 Å². The molecule has 1 fully saturated rings. The first-order valence-corrected chi connectivity index (χ1v) is 10.7. The van der Waals surface area contributed by atoms with E-state index in [-0.39, 0.29) is 16.6 Å². The molecule has 0 unspecified atom stereocenters. The molecule has 156 valence electrons. The molecule has 1 aliphatic heterocycles. The molecule has 1 N–H and O–H groups in total. The highest BCUT2D eigenvalue weighted by Gasteiger charge is 2.26. The summed E-state index contributed by atoms with van der Waals surface area (Å²) in [5, 5.41) is 2.72. The van der Waals surface area contributed by atoms with Gasteiger partial charge in [0.15, 0.2) is 6.10 Å². The minimum absolute atomic E-state index is 0.159. The molecule has 1 aliphatic rings. The van der Waals surface area contributed by atoms with E-state index in [1.54, 1.807) is 6.92 Å². The van der Waals surface area contributed by atoms with Gasteiger partial charge < -0.3 is 14.8 Å². The van der Waals surface area contributed by atoms with Crippen molar-refractivity contribution in [2.75, 3.05) is 31.6 Å². The number of nitrogens with zero attached hydrogens (tertiary/aromatic N) is 1. The van der Waals surface area contributed by atoms with Crippen LogP contribution >= 0.6 is 0 Å². The van der Waals surface area contributed by atoms with Crippen molar-refractivity contribution in [2.24, 2.45) is 0 Å². The molecule has 0 radical (unpaired) electrons. The van der Waals surface area contributed by atoms with Crippen molar-refractivity contribution in [1.29, 1.82) is 0 Å². The minimum Gasteiger partial charge on any atom is -0.481 e. The van der Waals surface area contributed by atoms with Crippen molar-refractivity contribution in [3.63, 3.8) is 0 Å². The number of nitrogens with one attached hydrogen (secondary N) is 1. The van der Waals surface area contributed by atoms with Gasteiger partial charge >= 0.3 is 0 Å². The van der Waals surface area contributed by atoms with Gasteiger partial charge in [-0.15, -0.1) is 0 Å². The Kier molecular flexibility index (Phi) is 6.83. The number of carbonyl (C=O) groups excluding carboxylic acids is 1. The molecule has 0 spiro atoms. The number of sulfonamides is 1. The van der Waals surface area contributed by atoms with Gasteiger partial charge in [0.25, 0.3) is 5.91 Å². The molecule has 7 nitrogen and oxygen atoms in total. The average Bonchev–Trinajstić information content (AvgIpc) is 2.74. The molecule has 1 saturated heterocycles. The quantitative estimate of drug-likeness (QED) is 0.742. The molecule has 0 saturated carbocycles. The molecule has 0 bridgehead atoms. The largest absolute Gasteiger partial charge is 0.481 e. The maximum absolute atomic E-state index is 13.0. The van der Waals surface area contributed by atoms with E-state index in [1.165, 1.54) is 52.8 Å². The monoisotopic (exact) mass is 422 g/mol. The Morgan fingerprint density at radius 1 is 1.14 bits per heavy atom. The summed E-state index contributed by atoms with van der Waals surface area (Å²) in [5.41, 5.74) is 0.456. The maximum atomic E-state index is 13.0. The van der Waals surface area contributed by atoms with Crippen molar-refractivity contribution in [3.05, 3.63) is 54.3 Å². The predicted octanol–water partition coefficient (Wildman–Crippen LogP) is 2.64. The van der Waals surface area contributed by atoms with Crippen molar-refractivity contribution in [1.82, 2.24) is 4.31 Å². The zero-order valence-electron chi connectivity index (χ0n) is 16.0. The van der Waals surface area contributed by atoms with Crippen LogP contribution in [0.25, 0.3) is 0 Å². The van der Waals surface area contributed by atoms with Crippen LogP contribution in [0.5, 0.6) is 5.75 Å². The molecule has 29 heavy (non-hydrogen) atoms. The van der Waals surface area contributed by atoms with Crippen molar-refractivity contribution in [3.8, 4) is 5.75 Å². The number of halogens is 1. The summed E-state index contributed by atoms with van der Waals surface area (Å²) in [6, 6.07) is 11.4. The van der Waals surface area contributed by atoms with Crippen LogP contribution in [-0.2, 0) is 19.6 Å². The number of morpholine rings is 1. The van der Waals surface area contributed by atoms with Gasteiger partial charge in [0.1, 0.15) is 11.6 Å². The summed E-state index contributed by atoms with van der Waals surface area (Å²) >= 11 is 0. The Morgan fingerprint density at radius 3 is 2.34 bits per heavy atom. The third-order valence-electron chi connectivity index (χ3n) is 4.48. The number of anilines is 1. The van der Waals surface area contributed by atoms with E-state index in [1.807, 2.05) is 0 Å². The first-order chi connectivity index (χ1) is 13.9. The Bertz CT molecular complexity index is 926. The first kappa shape index (κ1) is 21.2. The average molecular weight is 422 g/mol. The van der Waals surface area contributed by atoms with E-state index in [2.05, 4.69) is 5.32 Å². The highest BCUT2D eigenvalue weighted by atomic mass is 32.2. The molecule has 0 aromatic heterocycles. The molecule has 3 rings (SSSR count). The third kappa shape index (κ3) is 5.31. The van der Waals surface area contributed by atoms with E-state index in [0.717, 1.165) is 0 Å². The molecular formula is C20H23FN2O5S. The zero-order valence-corrected chi connectivity index (χ0v) is 16.8. The van der Waals surface area contributed by atoms with Crippen LogP contribution in [0.4, 0.5) is 10.1 Å². The summed E-state index contributed by atoms with van der Waals surface area (Å²) < 4.78 is 50.5. The number of rotatable bonds is 7. The second-order valence-corrected chi connectivity index (χ2v) is 8.44. The van der Waals surface area contributed by atoms with Crippen molar-refractivity contribution >= 4 is 21.6 Å². The van der Waals surface area contributed by atoms with Crippen LogP contribution in [-0.4, -0.2) is 51.0 Å². The normalized spacial score (nSPS) is 16.2. The van der Waals surface area contributed by atoms with Gasteiger partial charge in [0.2, 0.25) is 10.0 Å². The standard InChI is InChI=1S/C20H23FN2O5S/c1-2-19(28-17-7-3-15(21)4-8-17)20(24)22-16-5-9-18(10-6-16)29(25,26)23-11-13-27-14-12-23/h3-10,19H,2,11-14H2,1H3,(H,22,24)/t19-/m0/s1. The number of carbonyl (C=O) groups is 1. The predicted molar refractivity (Wildman–Crippen MR) is 106 cm³/mol. The van der Waals surface area contributed by atoms with Crippen molar-refractivity contribution in [2.45, 2.75) is 24.3 Å². The number of benzene rings is 2. The molecule has 2 aromatic carbocycles. The Balaban J connectivity index is 1.64. The first-order valence-electron chi connectivity index (χ1n) is 9.31. The molecule has 0 aliphatic carbocycles. The third-order valence-corrected chi connectivity index (χ3v) is 6.40.